The number of nitrogens with zero attached hydrogens (tertiary/aromatic N) is 2. The Labute approximate surface area is 171 Å². The SMILES string of the molecule is C=N/C(=N\Cc1ccc(-c2ccccc2)cc1)c1ccc(-c2ccccc2)cc1. The molecule has 0 radical (unpaired) electrons. The lowest BCUT2D eigenvalue weighted by Crippen LogP contribution is -1.98. The molecule has 0 aromatic heterocycles. The molecule has 0 heterocycles. The number of rotatable bonds is 5. The third-order valence-electron chi connectivity index (χ3n) is 4.87. The summed E-state index contributed by atoms with van der Waals surface area (Å²) >= 11 is 0. The van der Waals surface area contributed by atoms with Crippen LogP contribution in [0.4, 0.5) is 0 Å². The Morgan fingerprint density at radius 1 is 0.552 bits per heavy atom. The van der Waals surface area contributed by atoms with Crippen molar-refractivity contribution in [2.75, 3.05) is 0 Å². The average molecular weight is 374 g/mol. The average Bonchev–Trinajstić information content (AvgIpc) is 2.81. The van der Waals surface area contributed by atoms with Crippen molar-refractivity contribution in [3.8, 4) is 22.3 Å². The zero-order valence-electron chi connectivity index (χ0n) is 16.2. The Morgan fingerprint density at radius 3 is 1.48 bits per heavy atom. The van der Waals surface area contributed by atoms with E-state index in [0.29, 0.717) is 12.4 Å². The van der Waals surface area contributed by atoms with Gasteiger partial charge in [0.25, 0.3) is 0 Å². The molecule has 0 bridgehead atoms. The van der Waals surface area contributed by atoms with E-state index < -0.39 is 0 Å². The molecule has 4 rings (SSSR count). The van der Waals surface area contributed by atoms with Crippen LogP contribution < -0.4 is 0 Å². The lowest BCUT2D eigenvalue weighted by Gasteiger charge is -2.06. The quantitative estimate of drug-likeness (QED) is 0.275. The highest BCUT2D eigenvalue weighted by molar-refractivity contribution is 6.01. The van der Waals surface area contributed by atoms with Gasteiger partial charge in [-0.2, -0.15) is 0 Å². The van der Waals surface area contributed by atoms with Gasteiger partial charge in [-0.15, -0.1) is 0 Å². The maximum Gasteiger partial charge on any atom is 0.154 e. The molecule has 0 aliphatic rings. The molecule has 4 aromatic carbocycles. The van der Waals surface area contributed by atoms with Crippen LogP contribution >= 0.6 is 0 Å². The van der Waals surface area contributed by atoms with Crippen LogP contribution in [0.15, 0.2) is 119 Å². The minimum Gasteiger partial charge on any atom is -0.261 e. The van der Waals surface area contributed by atoms with E-state index in [1.165, 1.54) is 22.3 Å². The van der Waals surface area contributed by atoms with Crippen LogP contribution in [0.3, 0.4) is 0 Å². The molecule has 0 amide bonds. The van der Waals surface area contributed by atoms with Gasteiger partial charge in [0.15, 0.2) is 5.84 Å². The Bertz CT molecular complexity index is 1090. The maximum absolute atomic E-state index is 4.68. The van der Waals surface area contributed by atoms with Crippen LogP contribution in [-0.2, 0) is 6.54 Å². The number of benzene rings is 4. The number of amidine groups is 1. The number of aliphatic imine (C=N–C) groups is 2. The van der Waals surface area contributed by atoms with Gasteiger partial charge in [0.2, 0.25) is 0 Å². The van der Waals surface area contributed by atoms with Crippen LogP contribution in [-0.4, -0.2) is 12.6 Å². The summed E-state index contributed by atoms with van der Waals surface area (Å²) in [5.41, 5.74) is 6.91. The van der Waals surface area contributed by atoms with Gasteiger partial charge in [-0.1, -0.05) is 109 Å². The third kappa shape index (κ3) is 4.56. The first-order chi connectivity index (χ1) is 14.3. The first-order valence-electron chi connectivity index (χ1n) is 9.65. The molecule has 2 heteroatoms. The fourth-order valence-corrected chi connectivity index (χ4v) is 3.27. The molecule has 0 unspecified atom stereocenters. The predicted molar refractivity (Wildman–Crippen MR) is 124 cm³/mol. The second-order valence-corrected chi connectivity index (χ2v) is 6.80. The van der Waals surface area contributed by atoms with Crippen molar-refractivity contribution >= 4 is 12.6 Å². The van der Waals surface area contributed by atoms with Crippen molar-refractivity contribution in [1.29, 1.82) is 0 Å². The first kappa shape index (κ1) is 18.6. The molecule has 0 N–H and O–H groups in total. The fourth-order valence-electron chi connectivity index (χ4n) is 3.27. The monoisotopic (exact) mass is 374 g/mol. The van der Waals surface area contributed by atoms with Crippen molar-refractivity contribution < 1.29 is 0 Å². The molecule has 0 atom stereocenters. The smallest absolute Gasteiger partial charge is 0.154 e. The van der Waals surface area contributed by atoms with Gasteiger partial charge in [-0.25, -0.2) is 4.99 Å². The molecule has 29 heavy (non-hydrogen) atoms. The Morgan fingerprint density at radius 2 is 1.00 bits per heavy atom. The van der Waals surface area contributed by atoms with E-state index in [-0.39, 0.29) is 0 Å². The molecular weight excluding hydrogens is 352 g/mol. The lowest BCUT2D eigenvalue weighted by atomic mass is 10.0. The highest BCUT2D eigenvalue weighted by Crippen LogP contribution is 2.21. The van der Waals surface area contributed by atoms with Crippen molar-refractivity contribution in [2.24, 2.45) is 9.98 Å². The van der Waals surface area contributed by atoms with E-state index in [4.69, 9.17) is 0 Å². The molecule has 0 aliphatic carbocycles. The second kappa shape index (κ2) is 8.94. The molecule has 0 saturated heterocycles. The normalized spacial score (nSPS) is 11.2. The number of hydrogen-bond donors (Lipinski definition) is 0. The summed E-state index contributed by atoms with van der Waals surface area (Å²) < 4.78 is 0. The van der Waals surface area contributed by atoms with E-state index in [0.717, 1.165) is 11.1 Å². The van der Waals surface area contributed by atoms with Gasteiger partial charge >= 0.3 is 0 Å². The van der Waals surface area contributed by atoms with Crippen LogP contribution in [0.25, 0.3) is 22.3 Å². The Balaban J connectivity index is 1.49. The highest BCUT2D eigenvalue weighted by atomic mass is 14.9. The second-order valence-electron chi connectivity index (χ2n) is 6.80. The minimum atomic E-state index is 0.573. The van der Waals surface area contributed by atoms with E-state index in [1.807, 2.05) is 36.4 Å². The Kier molecular flexibility index (Phi) is 5.73. The van der Waals surface area contributed by atoms with Crippen LogP contribution in [0.1, 0.15) is 11.1 Å². The standard InChI is InChI=1S/C27H22N2/c1-28-27(26-18-16-25(17-19-26)23-10-6-3-7-11-23)29-20-21-12-14-24(15-13-21)22-8-4-2-5-9-22/h2-19H,1,20H2/b29-27-. The zero-order valence-corrected chi connectivity index (χ0v) is 16.2. The van der Waals surface area contributed by atoms with Crippen molar-refractivity contribution in [3.05, 3.63) is 120 Å². The molecule has 0 aliphatic heterocycles. The van der Waals surface area contributed by atoms with Gasteiger partial charge in [0.05, 0.1) is 6.54 Å². The van der Waals surface area contributed by atoms with Gasteiger partial charge in [0, 0.05) is 5.56 Å². The van der Waals surface area contributed by atoms with Crippen LogP contribution in [0.2, 0.25) is 0 Å². The largest absolute Gasteiger partial charge is 0.261 e. The topological polar surface area (TPSA) is 24.7 Å². The minimum absolute atomic E-state index is 0.573. The summed E-state index contributed by atoms with van der Waals surface area (Å²) in [6, 6.07) is 37.5. The van der Waals surface area contributed by atoms with E-state index in [1.54, 1.807) is 0 Å². The van der Waals surface area contributed by atoms with Gasteiger partial charge in [-0.3, -0.25) is 4.99 Å². The predicted octanol–water partition coefficient (Wildman–Crippen LogP) is 6.67. The zero-order chi connectivity index (χ0) is 19.9. The number of hydrogen-bond acceptors (Lipinski definition) is 1. The summed E-state index contributed by atoms with van der Waals surface area (Å²) in [5, 5.41) is 0. The van der Waals surface area contributed by atoms with Gasteiger partial charge in [0.1, 0.15) is 0 Å². The molecule has 0 fully saturated rings. The third-order valence-corrected chi connectivity index (χ3v) is 4.87. The van der Waals surface area contributed by atoms with Crippen molar-refractivity contribution in [2.45, 2.75) is 6.54 Å². The first-order valence-corrected chi connectivity index (χ1v) is 9.65. The van der Waals surface area contributed by atoms with Gasteiger partial charge < -0.3 is 0 Å². The maximum atomic E-state index is 4.68. The van der Waals surface area contributed by atoms with Crippen LogP contribution in [0.5, 0.6) is 0 Å². The Hall–Kier alpha value is -3.78. The molecule has 2 nitrogen and oxygen atoms in total. The summed E-state index contributed by atoms with van der Waals surface area (Å²) in [5.74, 6) is 0.664. The fraction of sp³-hybridized carbons (Fsp3) is 0.0370. The molecule has 0 spiro atoms. The molecule has 4 aromatic rings. The highest BCUT2D eigenvalue weighted by Gasteiger charge is 2.03. The van der Waals surface area contributed by atoms with E-state index in [9.17, 15) is 0 Å². The van der Waals surface area contributed by atoms with E-state index >= 15 is 0 Å². The van der Waals surface area contributed by atoms with E-state index in [2.05, 4.69) is 89.5 Å². The lowest BCUT2D eigenvalue weighted by molar-refractivity contribution is 1.06. The summed E-state index contributed by atoms with van der Waals surface area (Å²) in [4.78, 5) is 8.82. The summed E-state index contributed by atoms with van der Waals surface area (Å²) in [6.07, 6.45) is 0. The summed E-state index contributed by atoms with van der Waals surface area (Å²) in [6.45, 7) is 4.28. The van der Waals surface area contributed by atoms with Gasteiger partial charge in [-0.05, 0) is 34.5 Å². The molecular formula is C27H22N2. The van der Waals surface area contributed by atoms with Crippen LogP contribution in [0, 0.1) is 0 Å². The van der Waals surface area contributed by atoms with Crippen molar-refractivity contribution in [1.82, 2.24) is 0 Å². The molecule has 140 valence electrons. The van der Waals surface area contributed by atoms with Crippen molar-refractivity contribution in [3.63, 3.8) is 0 Å². The molecule has 0 saturated carbocycles. The summed E-state index contributed by atoms with van der Waals surface area (Å²) in [7, 11) is 0.